The molecule has 1 atom stereocenters. The molecule has 0 saturated carbocycles. The average Bonchev–Trinajstić information content (AvgIpc) is 3.24. The van der Waals surface area contributed by atoms with Crippen molar-refractivity contribution in [3.63, 3.8) is 0 Å². The third-order valence-corrected chi connectivity index (χ3v) is 6.28. The smallest absolute Gasteiger partial charge is 0.295 e. The molecule has 190 valence electrons. The number of anilines is 2. The summed E-state index contributed by atoms with van der Waals surface area (Å²) < 4.78 is 16.8. The predicted molar refractivity (Wildman–Crippen MR) is 134 cm³/mol. The van der Waals surface area contributed by atoms with Crippen molar-refractivity contribution in [1.82, 2.24) is 0 Å². The van der Waals surface area contributed by atoms with E-state index < -0.39 is 23.7 Å². The molecule has 4 rings (SSSR count). The van der Waals surface area contributed by atoms with Crippen LogP contribution in [0.4, 0.5) is 11.4 Å². The van der Waals surface area contributed by atoms with E-state index in [0.29, 0.717) is 42.5 Å². The molecule has 1 saturated heterocycles. The maximum absolute atomic E-state index is 13.2. The summed E-state index contributed by atoms with van der Waals surface area (Å²) in [5.74, 6) is -1.60. The van der Waals surface area contributed by atoms with Crippen LogP contribution in [0, 0.1) is 0 Å². The van der Waals surface area contributed by atoms with Gasteiger partial charge in [0.05, 0.1) is 31.0 Å². The Kier molecular flexibility index (Phi) is 7.37. The summed E-state index contributed by atoms with van der Waals surface area (Å²) in [5, 5.41) is 2.55. The molecule has 3 N–H and O–H groups in total. The zero-order valence-electron chi connectivity index (χ0n) is 20.6. The van der Waals surface area contributed by atoms with Gasteiger partial charge in [0.2, 0.25) is 6.10 Å². The van der Waals surface area contributed by atoms with Gasteiger partial charge in [0.15, 0.2) is 0 Å². The number of benzene rings is 2. The monoisotopic (exact) mass is 494 g/mol. The third-order valence-electron chi connectivity index (χ3n) is 6.28. The molecule has 0 unspecified atom stereocenters. The van der Waals surface area contributed by atoms with Gasteiger partial charge in [0.25, 0.3) is 17.6 Å². The van der Waals surface area contributed by atoms with E-state index in [1.54, 1.807) is 49.6 Å². The molecule has 10 nitrogen and oxygen atoms in total. The van der Waals surface area contributed by atoms with Crippen molar-refractivity contribution in [2.24, 2.45) is 10.7 Å². The van der Waals surface area contributed by atoms with Crippen molar-refractivity contribution < 1.29 is 28.6 Å². The van der Waals surface area contributed by atoms with Gasteiger partial charge in [-0.3, -0.25) is 19.4 Å². The number of para-hydroxylation sites is 2. The number of amidine groups is 1. The number of ketones is 1. The van der Waals surface area contributed by atoms with Crippen molar-refractivity contribution in [2.75, 3.05) is 37.1 Å². The molecule has 0 bridgehead atoms. The molecule has 2 aromatic carbocycles. The number of rotatable bonds is 9. The van der Waals surface area contributed by atoms with E-state index in [9.17, 15) is 14.4 Å². The molecule has 2 aliphatic rings. The molecule has 1 fully saturated rings. The summed E-state index contributed by atoms with van der Waals surface area (Å²) in [4.78, 5) is 44.4. The first-order chi connectivity index (χ1) is 17.2. The number of nitrogens with one attached hydrogen (secondary N) is 1. The number of carbonyl (C=O) groups excluding carboxylic acids is 3. The Morgan fingerprint density at radius 1 is 1.25 bits per heavy atom. The molecular formula is C26H30N4O6. The number of aliphatic imine (C=N–C) groups is 1. The molecule has 36 heavy (non-hydrogen) atoms. The molecular weight excluding hydrogens is 464 g/mol. The molecule has 0 spiro atoms. The first kappa shape index (κ1) is 25.3. The van der Waals surface area contributed by atoms with Gasteiger partial charge < -0.3 is 30.2 Å². The lowest BCUT2D eigenvalue weighted by Crippen LogP contribution is -2.53. The van der Waals surface area contributed by atoms with Gasteiger partial charge in [-0.05, 0) is 49.7 Å². The quantitative estimate of drug-likeness (QED) is 0.403. The first-order valence-electron chi connectivity index (χ1n) is 11.7. The second kappa shape index (κ2) is 10.5. The largest absolute Gasteiger partial charge is 0.491 e. The number of fused-ring (bicyclic) bond motifs is 1. The fraction of sp³-hybridized carbons (Fsp3) is 0.385. The van der Waals surface area contributed by atoms with E-state index in [0.717, 1.165) is 11.1 Å². The van der Waals surface area contributed by atoms with Crippen LogP contribution in [-0.4, -0.2) is 62.0 Å². The van der Waals surface area contributed by atoms with Crippen LogP contribution in [0.15, 0.2) is 47.5 Å². The topological polar surface area (TPSA) is 133 Å². The first-order valence-corrected chi connectivity index (χ1v) is 11.7. The summed E-state index contributed by atoms with van der Waals surface area (Å²) >= 11 is 0. The van der Waals surface area contributed by atoms with Crippen molar-refractivity contribution in [3.05, 3.63) is 53.6 Å². The number of carbonyl (C=O) groups is 3. The summed E-state index contributed by atoms with van der Waals surface area (Å²) in [7, 11) is 1.64. The van der Waals surface area contributed by atoms with Crippen LogP contribution in [0.5, 0.6) is 5.75 Å². The summed E-state index contributed by atoms with van der Waals surface area (Å²) in [6.45, 7) is 5.01. The lowest BCUT2D eigenvalue weighted by atomic mass is 10.1. The predicted octanol–water partition coefficient (Wildman–Crippen LogP) is 2.04. The van der Waals surface area contributed by atoms with E-state index in [1.165, 1.54) is 4.90 Å². The maximum atomic E-state index is 13.2. The van der Waals surface area contributed by atoms with Crippen LogP contribution in [0.25, 0.3) is 0 Å². The SMILES string of the molecule is COC(C)(C)CCOc1ccccc1N1CCO[C@H](C(=O)C(=O)Nc2ccc3c(c2)CN=C3N)C1=O. The molecule has 0 radical (unpaired) electrons. The van der Waals surface area contributed by atoms with E-state index >= 15 is 0 Å². The minimum atomic E-state index is -1.55. The van der Waals surface area contributed by atoms with E-state index in [4.69, 9.17) is 19.9 Å². The van der Waals surface area contributed by atoms with E-state index in [1.807, 2.05) is 13.8 Å². The Morgan fingerprint density at radius 3 is 2.81 bits per heavy atom. The second-order valence-electron chi connectivity index (χ2n) is 9.16. The third kappa shape index (κ3) is 5.39. The fourth-order valence-electron chi connectivity index (χ4n) is 3.94. The second-order valence-corrected chi connectivity index (χ2v) is 9.16. The fourth-order valence-corrected chi connectivity index (χ4v) is 3.94. The Bertz CT molecular complexity index is 1210. The van der Waals surface area contributed by atoms with Gasteiger partial charge in [-0.2, -0.15) is 0 Å². The van der Waals surface area contributed by atoms with Gasteiger partial charge in [-0.25, -0.2) is 0 Å². The van der Waals surface area contributed by atoms with Crippen LogP contribution >= 0.6 is 0 Å². The Labute approximate surface area is 209 Å². The highest BCUT2D eigenvalue weighted by atomic mass is 16.5. The number of methoxy groups -OCH3 is 1. The summed E-state index contributed by atoms with van der Waals surface area (Å²) in [5.41, 5.74) is 8.03. The lowest BCUT2D eigenvalue weighted by molar-refractivity contribution is -0.150. The molecule has 2 aromatic rings. The van der Waals surface area contributed by atoms with Gasteiger partial charge >= 0.3 is 0 Å². The van der Waals surface area contributed by atoms with Crippen LogP contribution in [0.2, 0.25) is 0 Å². The van der Waals surface area contributed by atoms with Crippen molar-refractivity contribution in [1.29, 1.82) is 0 Å². The number of nitrogens with two attached hydrogens (primary N) is 1. The van der Waals surface area contributed by atoms with Gasteiger partial charge in [0, 0.05) is 31.3 Å². The van der Waals surface area contributed by atoms with Crippen LogP contribution in [-0.2, 0) is 30.4 Å². The Hall–Kier alpha value is -3.76. The number of hydrogen-bond acceptors (Lipinski definition) is 8. The maximum Gasteiger partial charge on any atom is 0.295 e. The number of hydrogen-bond donors (Lipinski definition) is 2. The standard InChI is InChI=1S/C26H30N4O6/c1-26(2,34-3)10-12-35-20-7-5-4-6-19(20)30-11-13-36-22(25(30)33)21(31)24(32)29-17-8-9-18-16(14-17)15-28-23(18)27/h4-9,14,22H,10-13,15H2,1-3H3,(H2,27,28)(H,29,32)/t22-/m1/s1. The average molecular weight is 495 g/mol. The molecule has 2 amide bonds. The molecule has 10 heteroatoms. The van der Waals surface area contributed by atoms with Crippen molar-refractivity contribution in [2.45, 2.75) is 38.5 Å². The Morgan fingerprint density at radius 2 is 2.03 bits per heavy atom. The van der Waals surface area contributed by atoms with Crippen LogP contribution in [0.3, 0.4) is 0 Å². The highest BCUT2D eigenvalue weighted by molar-refractivity contribution is 6.46. The number of Topliss-reactive ketones (excluding diaryl/α,β-unsaturated/α-hetero) is 1. The molecule has 0 aliphatic carbocycles. The van der Waals surface area contributed by atoms with Crippen LogP contribution < -0.4 is 20.7 Å². The minimum Gasteiger partial charge on any atom is -0.491 e. The van der Waals surface area contributed by atoms with E-state index in [2.05, 4.69) is 10.3 Å². The summed E-state index contributed by atoms with van der Waals surface area (Å²) in [6, 6.07) is 12.1. The highest BCUT2D eigenvalue weighted by Gasteiger charge is 2.40. The van der Waals surface area contributed by atoms with Crippen LogP contribution in [0.1, 0.15) is 31.4 Å². The summed E-state index contributed by atoms with van der Waals surface area (Å²) in [6.07, 6.45) is -0.912. The van der Waals surface area contributed by atoms with Gasteiger partial charge in [0.1, 0.15) is 11.6 Å². The number of ether oxygens (including phenoxy) is 3. The zero-order chi connectivity index (χ0) is 25.9. The number of nitrogens with zero attached hydrogens (tertiary/aromatic N) is 2. The van der Waals surface area contributed by atoms with Crippen molar-refractivity contribution in [3.8, 4) is 5.75 Å². The zero-order valence-corrected chi connectivity index (χ0v) is 20.6. The van der Waals surface area contributed by atoms with Gasteiger partial charge in [-0.15, -0.1) is 0 Å². The van der Waals surface area contributed by atoms with Crippen molar-refractivity contribution >= 4 is 34.8 Å². The number of morpholine rings is 1. The highest BCUT2D eigenvalue weighted by Crippen LogP contribution is 2.31. The number of amides is 2. The normalized spacial score (nSPS) is 17.4. The van der Waals surface area contributed by atoms with Gasteiger partial charge in [-0.1, -0.05) is 12.1 Å². The molecule has 2 aliphatic heterocycles. The minimum absolute atomic E-state index is 0.0932. The molecule has 0 aromatic heterocycles. The Balaban J connectivity index is 1.44. The lowest BCUT2D eigenvalue weighted by Gasteiger charge is -2.32. The molecule has 2 heterocycles. The van der Waals surface area contributed by atoms with E-state index in [-0.39, 0.29) is 18.8 Å².